The molecule has 0 spiro atoms. The summed E-state index contributed by atoms with van der Waals surface area (Å²) in [6.07, 6.45) is -0.253. The molecule has 0 aliphatic heterocycles. The molecule has 0 radical (unpaired) electrons. The third-order valence-corrected chi connectivity index (χ3v) is 2.76. The molecule has 0 saturated carbocycles. The Bertz CT molecular complexity index is 473. The zero-order chi connectivity index (χ0) is 14.4. The van der Waals surface area contributed by atoms with Crippen LogP contribution in [0.3, 0.4) is 0 Å². The molecule has 1 amide bonds. The van der Waals surface area contributed by atoms with Gasteiger partial charge in [0, 0.05) is 6.42 Å². The molecular formula is C13H16N2O4. The lowest BCUT2D eigenvalue weighted by atomic mass is 9.91. The number of carboxylic acids is 1. The number of ketones is 1. The van der Waals surface area contributed by atoms with E-state index in [2.05, 4.69) is 0 Å². The second-order valence-corrected chi connectivity index (χ2v) is 4.26. The molecule has 6 nitrogen and oxygen atoms in total. The minimum atomic E-state index is -1.28. The number of hydrogen-bond donors (Lipinski definition) is 3. The summed E-state index contributed by atoms with van der Waals surface area (Å²) in [5, 5.41) is 8.70. The van der Waals surface area contributed by atoms with Gasteiger partial charge in [-0.1, -0.05) is 30.3 Å². The Labute approximate surface area is 110 Å². The molecule has 0 fully saturated rings. The van der Waals surface area contributed by atoms with E-state index in [0.29, 0.717) is 0 Å². The Balaban J connectivity index is 2.74. The zero-order valence-corrected chi connectivity index (χ0v) is 10.3. The van der Waals surface area contributed by atoms with Gasteiger partial charge in [0.05, 0.1) is 5.92 Å². The summed E-state index contributed by atoms with van der Waals surface area (Å²) in [6.45, 7) is 0. The summed E-state index contributed by atoms with van der Waals surface area (Å²) < 4.78 is 0. The van der Waals surface area contributed by atoms with Gasteiger partial charge in [0.15, 0.2) is 0 Å². The fraction of sp³-hybridized carbons (Fsp3) is 0.308. The van der Waals surface area contributed by atoms with Gasteiger partial charge in [0.2, 0.25) is 5.91 Å². The highest BCUT2D eigenvalue weighted by Crippen LogP contribution is 2.11. The minimum Gasteiger partial charge on any atom is -0.480 e. The number of carboxylic acid groups (broad SMARTS) is 1. The molecule has 0 aliphatic rings. The number of amides is 1. The van der Waals surface area contributed by atoms with Crippen molar-refractivity contribution in [1.82, 2.24) is 0 Å². The first-order valence-corrected chi connectivity index (χ1v) is 5.76. The van der Waals surface area contributed by atoms with Crippen LogP contribution in [0, 0.1) is 5.92 Å². The maximum Gasteiger partial charge on any atom is 0.320 e. The van der Waals surface area contributed by atoms with Crippen molar-refractivity contribution in [2.45, 2.75) is 18.9 Å². The molecule has 1 aromatic carbocycles. The molecule has 6 heteroatoms. The van der Waals surface area contributed by atoms with Gasteiger partial charge in [-0.25, -0.2) is 0 Å². The Morgan fingerprint density at radius 1 is 1.16 bits per heavy atom. The Morgan fingerprint density at radius 2 is 1.74 bits per heavy atom. The van der Waals surface area contributed by atoms with Crippen molar-refractivity contribution in [2.24, 2.45) is 17.4 Å². The maximum atomic E-state index is 12.0. The van der Waals surface area contributed by atoms with Crippen LogP contribution in [0.25, 0.3) is 0 Å². The first kappa shape index (κ1) is 14.8. The second kappa shape index (κ2) is 6.65. The molecule has 1 aromatic rings. The van der Waals surface area contributed by atoms with Crippen LogP contribution in [-0.2, 0) is 20.8 Å². The van der Waals surface area contributed by atoms with E-state index < -0.39 is 29.6 Å². The third kappa shape index (κ3) is 4.51. The van der Waals surface area contributed by atoms with E-state index in [1.807, 2.05) is 0 Å². The molecule has 0 bridgehead atoms. The van der Waals surface area contributed by atoms with E-state index in [4.69, 9.17) is 16.6 Å². The van der Waals surface area contributed by atoms with E-state index >= 15 is 0 Å². The number of rotatable bonds is 7. The molecule has 0 heterocycles. The van der Waals surface area contributed by atoms with Crippen molar-refractivity contribution in [2.75, 3.05) is 0 Å². The number of carbonyl (C=O) groups is 3. The van der Waals surface area contributed by atoms with E-state index in [0.717, 1.165) is 5.56 Å². The van der Waals surface area contributed by atoms with Crippen LogP contribution in [0.15, 0.2) is 30.3 Å². The van der Waals surface area contributed by atoms with Crippen LogP contribution >= 0.6 is 0 Å². The maximum absolute atomic E-state index is 12.0. The fourth-order valence-corrected chi connectivity index (χ4v) is 1.68. The van der Waals surface area contributed by atoms with Gasteiger partial charge in [-0.2, -0.15) is 0 Å². The Hall–Kier alpha value is -2.21. The summed E-state index contributed by atoms with van der Waals surface area (Å²) in [5.74, 6) is -3.71. The smallest absolute Gasteiger partial charge is 0.320 e. The topological polar surface area (TPSA) is 123 Å². The molecule has 19 heavy (non-hydrogen) atoms. The number of carbonyl (C=O) groups excluding carboxylic acids is 2. The molecule has 1 rings (SSSR count). The second-order valence-electron chi connectivity index (χ2n) is 4.26. The van der Waals surface area contributed by atoms with Crippen LogP contribution in [0.2, 0.25) is 0 Å². The number of hydrogen-bond acceptors (Lipinski definition) is 4. The lowest BCUT2D eigenvalue weighted by molar-refractivity contribution is -0.139. The average Bonchev–Trinajstić information content (AvgIpc) is 2.36. The van der Waals surface area contributed by atoms with Crippen molar-refractivity contribution in [1.29, 1.82) is 0 Å². The van der Waals surface area contributed by atoms with Gasteiger partial charge in [-0.15, -0.1) is 0 Å². The fourth-order valence-electron chi connectivity index (χ4n) is 1.68. The number of benzene rings is 1. The van der Waals surface area contributed by atoms with Gasteiger partial charge in [-0.3, -0.25) is 14.4 Å². The Morgan fingerprint density at radius 3 is 2.21 bits per heavy atom. The Kier molecular flexibility index (Phi) is 5.20. The summed E-state index contributed by atoms with van der Waals surface area (Å²) in [6, 6.07) is 7.55. The molecule has 102 valence electrons. The minimum absolute atomic E-state index is 0.0286. The summed E-state index contributed by atoms with van der Waals surface area (Å²) in [4.78, 5) is 33.9. The van der Waals surface area contributed by atoms with Crippen molar-refractivity contribution >= 4 is 17.7 Å². The lowest BCUT2D eigenvalue weighted by Gasteiger charge is -2.14. The molecule has 2 atom stereocenters. The van der Waals surface area contributed by atoms with Crippen molar-refractivity contribution in [3.63, 3.8) is 0 Å². The van der Waals surface area contributed by atoms with Gasteiger partial charge < -0.3 is 16.6 Å². The van der Waals surface area contributed by atoms with Gasteiger partial charge in [-0.05, 0) is 12.0 Å². The number of Topliss-reactive ketones (excluding diaryl/α,β-unsaturated/α-hetero) is 1. The van der Waals surface area contributed by atoms with Gasteiger partial charge in [0.1, 0.15) is 11.8 Å². The highest BCUT2D eigenvalue weighted by Gasteiger charge is 2.28. The molecule has 0 aliphatic carbocycles. The predicted octanol–water partition coefficient (Wildman–Crippen LogP) is -0.298. The molecule has 0 aromatic heterocycles. The molecule has 0 saturated heterocycles. The van der Waals surface area contributed by atoms with Crippen LogP contribution in [-0.4, -0.2) is 28.8 Å². The lowest BCUT2D eigenvalue weighted by Crippen LogP contribution is -2.40. The molecule has 5 N–H and O–H groups in total. The number of nitrogens with two attached hydrogens (primary N) is 2. The van der Waals surface area contributed by atoms with Crippen LogP contribution < -0.4 is 11.5 Å². The monoisotopic (exact) mass is 264 g/mol. The summed E-state index contributed by atoms with van der Waals surface area (Å²) in [7, 11) is 0. The van der Waals surface area contributed by atoms with E-state index in [-0.39, 0.29) is 12.8 Å². The van der Waals surface area contributed by atoms with E-state index in [1.54, 1.807) is 30.3 Å². The van der Waals surface area contributed by atoms with Gasteiger partial charge >= 0.3 is 5.97 Å². The third-order valence-electron chi connectivity index (χ3n) is 2.76. The standard InChI is InChI=1S/C13H16N2O4/c14-10(13(18)19)7-9(12(15)17)11(16)6-8-4-2-1-3-5-8/h1-5,9-10H,6-7,14H2,(H2,15,17)(H,18,19)/t9?,10-/m0/s1. The van der Waals surface area contributed by atoms with E-state index in [9.17, 15) is 14.4 Å². The van der Waals surface area contributed by atoms with Crippen molar-refractivity contribution in [3.8, 4) is 0 Å². The van der Waals surface area contributed by atoms with Crippen molar-refractivity contribution < 1.29 is 19.5 Å². The predicted molar refractivity (Wildman–Crippen MR) is 68.1 cm³/mol. The first-order valence-electron chi connectivity index (χ1n) is 5.76. The largest absolute Gasteiger partial charge is 0.480 e. The highest BCUT2D eigenvalue weighted by molar-refractivity contribution is 6.01. The summed E-state index contributed by atoms with van der Waals surface area (Å²) >= 11 is 0. The van der Waals surface area contributed by atoms with E-state index in [1.165, 1.54) is 0 Å². The number of aliphatic carboxylic acids is 1. The molecular weight excluding hydrogens is 248 g/mol. The van der Waals surface area contributed by atoms with Crippen LogP contribution in [0.5, 0.6) is 0 Å². The van der Waals surface area contributed by atoms with Crippen LogP contribution in [0.4, 0.5) is 0 Å². The van der Waals surface area contributed by atoms with Crippen molar-refractivity contribution in [3.05, 3.63) is 35.9 Å². The normalized spacial score (nSPS) is 13.5. The highest BCUT2D eigenvalue weighted by atomic mass is 16.4. The summed E-state index contributed by atoms with van der Waals surface area (Å²) in [5.41, 5.74) is 11.2. The average molecular weight is 264 g/mol. The van der Waals surface area contributed by atoms with Crippen LogP contribution in [0.1, 0.15) is 12.0 Å². The molecule has 1 unspecified atom stereocenters. The number of primary amides is 1. The van der Waals surface area contributed by atoms with Gasteiger partial charge in [0.25, 0.3) is 0 Å². The quantitative estimate of drug-likeness (QED) is 0.583. The first-order chi connectivity index (χ1) is 8.91. The zero-order valence-electron chi connectivity index (χ0n) is 10.3. The SMILES string of the molecule is NC(=O)C(C[C@H](N)C(=O)O)C(=O)Cc1ccccc1.